The molecule has 154 valence electrons. The molecule has 0 unspecified atom stereocenters. The molecule has 8 heteroatoms. The van der Waals surface area contributed by atoms with Crippen molar-refractivity contribution in [3.05, 3.63) is 78.0 Å². The van der Waals surface area contributed by atoms with E-state index in [1.807, 2.05) is 32.4 Å². The number of hydrogen-bond acceptors (Lipinski definition) is 3. The fourth-order valence-electron chi connectivity index (χ4n) is 2.74. The summed E-state index contributed by atoms with van der Waals surface area (Å²) in [5.41, 5.74) is 2.20. The number of guanidine groups is 1. The summed E-state index contributed by atoms with van der Waals surface area (Å²) < 4.78 is 20.6. The second-order valence-electron chi connectivity index (χ2n) is 6.43. The average Bonchev–Trinajstić information content (AvgIpc) is 3.10. The number of aryl methyl sites for hydroxylation is 1. The van der Waals surface area contributed by atoms with E-state index >= 15 is 0 Å². The van der Waals surface area contributed by atoms with Crippen molar-refractivity contribution < 1.29 is 9.13 Å². The summed E-state index contributed by atoms with van der Waals surface area (Å²) in [5.74, 6) is 1.50. The molecule has 3 rings (SSSR count). The lowest BCUT2D eigenvalue weighted by Crippen LogP contribution is -2.38. The molecule has 6 nitrogen and oxygen atoms in total. The number of aromatic nitrogens is 2. The largest absolute Gasteiger partial charge is 0.439 e. The van der Waals surface area contributed by atoms with Crippen LogP contribution in [0.25, 0.3) is 0 Å². The summed E-state index contributed by atoms with van der Waals surface area (Å²) in [5, 5.41) is 3.34. The van der Waals surface area contributed by atoms with Crippen LogP contribution in [0.3, 0.4) is 0 Å². The number of pyridine rings is 1. The molecule has 0 spiro atoms. The maximum atomic E-state index is 12.9. The molecule has 0 fully saturated rings. The number of halogens is 2. The van der Waals surface area contributed by atoms with Crippen molar-refractivity contribution in [1.29, 1.82) is 0 Å². The highest BCUT2D eigenvalue weighted by molar-refractivity contribution is 14.0. The van der Waals surface area contributed by atoms with Gasteiger partial charge in [0.15, 0.2) is 5.96 Å². The van der Waals surface area contributed by atoms with Crippen LogP contribution < -0.4 is 10.1 Å². The van der Waals surface area contributed by atoms with Crippen molar-refractivity contribution in [2.75, 3.05) is 14.1 Å². The fraction of sp³-hybridized carbons (Fsp3) is 0.238. The van der Waals surface area contributed by atoms with E-state index in [-0.39, 0.29) is 29.8 Å². The lowest BCUT2D eigenvalue weighted by molar-refractivity contribution is 0.458. The van der Waals surface area contributed by atoms with Crippen LogP contribution in [0.4, 0.5) is 4.39 Å². The average molecular weight is 509 g/mol. The normalized spacial score (nSPS) is 11.0. The van der Waals surface area contributed by atoms with E-state index < -0.39 is 0 Å². The maximum absolute atomic E-state index is 12.9. The van der Waals surface area contributed by atoms with Crippen LogP contribution in [-0.2, 0) is 20.1 Å². The van der Waals surface area contributed by atoms with Gasteiger partial charge >= 0.3 is 0 Å². The van der Waals surface area contributed by atoms with E-state index in [0.29, 0.717) is 18.2 Å². The van der Waals surface area contributed by atoms with Crippen molar-refractivity contribution in [3.63, 3.8) is 0 Å². The zero-order valence-corrected chi connectivity index (χ0v) is 19.0. The first kappa shape index (κ1) is 22.7. The molecular formula is C21H25FIN5O. The molecular weight excluding hydrogens is 484 g/mol. The van der Waals surface area contributed by atoms with Gasteiger partial charge in [-0.2, -0.15) is 0 Å². The van der Waals surface area contributed by atoms with Crippen molar-refractivity contribution in [3.8, 4) is 11.6 Å². The monoisotopic (exact) mass is 509 g/mol. The predicted octanol–water partition coefficient (Wildman–Crippen LogP) is 4.18. The van der Waals surface area contributed by atoms with Gasteiger partial charge in [-0.05, 0) is 42.0 Å². The predicted molar refractivity (Wildman–Crippen MR) is 123 cm³/mol. The molecule has 2 aromatic heterocycles. The molecule has 0 amide bonds. The van der Waals surface area contributed by atoms with E-state index in [0.717, 1.165) is 18.1 Å². The summed E-state index contributed by atoms with van der Waals surface area (Å²) in [6, 6.07) is 13.7. The Hall–Kier alpha value is -2.62. The van der Waals surface area contributed by atoms with Gasteiger partial charge in [-0.15, -0.1) is 24.0 Å². The zero-order valence-electron chi connectivity index (χ0n) is 16.7. The summed E-state index contributed by atoms with van der Waals surface area (Å²) in [7, 11) is 5.79. The minimum absolute atomic E-state index is 0. The van der Waals surface area contributed by atoms with Gasteiger partial charge in [0.2, 0.25) is 5.88 Å². The molecule has 0 saturated carbocycles. The van der Waals surface area contributed by atoms with E-state index in [1.54, 1.807) is 31.4 Å². The fourth-order valence-corrected chi connectivity index (χ4v) is 2.74. The number of benzene rings is 1. The number of rotatable bonds is 6. The number of aliphatic imine (C=N–C) groups is 1. The van der Waals surface area contributed by atoms with Crippen LogP contribution >= 0.6 is 24.0 Å². The Bertz CT molecular complexity index is 925. The summed E-state index contributed by atoms with van der Waals surface area (Å²) in [6.07, 6.45) is 3.77. The van der Waals surface area contributed by atoms with Gasteiger partial charge < -0.3 is 19.5 Å². The third-order valence-electron chi connectivity index (χ3n) is 4.31. The highest BCUT2D eigenvalue weighted by Gasteiger charge is 2.08. The van der Waals surface area contributed by atoms with Crippen LogP contribution in [0.15, 0.2) is 65.9 Å². The van der Waals surface area contributed by atoms with E-state index in [2.05, 4.69) is 30.8 Å². The van der Waals surface area contributed by atoms with Crippen molar-refractivity contribution in [1.82, 2.24) is 19.8 Å². The summed E-state index contributed by atoms with van der Waals surface area (Å²) in [6.45, 7) is 1.35. The molecule has 0 atom stereocenters. The summed E-state index contributed by atoms with van der Waals surface area (Å²) in [4.78, 5) is 10.7. The Kier molecular flexibility index (Phi) is 8.44. The highest BCUT2D eigenvalue weighted by Crippen LogP contribution is 2.19. The zero-order chi connectivity index (χ0) is 19.9. The third kappa shape index (κ3) is 6.45. The van der Waals surface area contributed by atoms with Gasteiger partial charge in [-0.3, -0.25) is 4.99 Å². The Morgan fingerprint density at radius 1 is 1.21 bits per heavy atom. The summed E-state index contributed by atoms with van der Waals surface area (Å²) >= 11 is 0. The molecule has 0 bridgehead atoms. The van der Waals surface area contributed by atoms with Crippen molar-refractivity contribution >= 4 is 29.9 Å². The maximum Gasteiger partial charge on any atom is 0.219 e. The quantitative estimate of drug-likeness (QED) is 0.308. The lowest BCUT2D eigenvalue weighted by Gasteiger charge is -2.22. The van der Waals surface area contributed by atoms with Crippen molar-refractivity contribution in [2.24, 2.45) is 12.0 Å². The van der Waals surface area contributed by atoms with Crippen LogP contribution in [-0.4, -0.2) is 34.5 Å². The molecule has 0 aliphatic carbocycles. The van der Waals surface area contributed by atoms with Crippen LogP contribution in [0.5, 0.6) is 11.6 Å². The molecule has 0 radical (unpaired) electrons. The van der Waals surface area contributed by atoms with Gasteiger partial charge in [0.25, 0.3) is 0 Å². The van der Waals surface area contributed by atoms with Crippen molar-refractivity contribution in [2.45, 2.75) is 13.1 Å². The van der Waals surface area contributed by atoms with E-state index in [9.17, 15) is 4.39 Å². The van der Waals surface area contributed by atoms with Crippen LogP contribution in [0.2, 0.25) is 0 Å². The SMILES string of the molecule is CN=C(NCc1ccc(Oc2ccc(F)cc2)nc1)N(C)Cc1cccn1C.I. The van der Waals surface area contributed by atoms with Crippen LogP contribution in [0.1, 0.15) is 11.3 Å². The Morgan fingerprint density at radius 2 is 1.97 bits per heavy atom. The molecule has 0 saturated heterocycles. The standard InChI is InChI=1S/C21H24FN5O.HI/c1-23-21(27(3)15-18-5-4-12-26(18)2)25-14-16-6-11-20(24-13-16)28-19-9-7-17(22)8-10-19;/h4-13H,14-15H2,1-3H3,(H,23,25);1H. The topological polar surface area (TPSA) is 54.7 Å². The lowest BCUT2D eigenvalue weighted by atomic mass is 10.3. The van der Waals surface area contributed by atoms with Crippen LogP contribution in [0, 0.1) is 5.82 Å². The number of nitrogens with zero attached hydrogens (tertiary/aromatic N) is 4. The minimum Gasteiger partial charge on any atom is -0.439 e. The van der Waals surface area contributed by atoms with E-state index in [4.69, 9.17) is 4.74 Å². The first-order valence-electron chi connectivity index (χ1n) is 8.95. The number of hydrogen-bond donors (Lipinski definition) is 1. The Labute approximate surface area is 187 Å². The minimum atomic E-state index is -0.299. The van der Waals surface area contributed by atoms with Gasteiger partial charge in [-0.25, -0.2) is 9.37 Å². The van der Waals surface area contributed by atoms with Gasteiger partial charge in [0.05, 0.1) is 6.54 Å². The second kappa shape index (κ2) is 10.8. The highest BCUT2D eigenvalue weighted by atomic mass is 127. The first-order valence-corrected chi connectivity index (χ1v) is 8.95. The molecule has 29 heavy (non-hydrogen) atoms. The smallest absolute Gasteiger partial charge is 0.219 e. The second-order valence-corrected chi connectivity index (χ2v) is 6.43. The Balaban J connectivity index is 0.00000300. The van der Waals surface area contributed by atoms with Gasteiger partial charge in [0.1, 0.15) is 11.6 Å². The number of ether oxygens (including phenoxy) is 1. The van der Waals surface area contributed by atoms with Gasteiger partial charge in [-0.1, -0.05) is 6.07 Å². The molecule has 3 aromatic rings. The molecule has 1 N–H and O–H groups in total. The third-order valence-corrected chi connectivity index (χ3v) is 4.31. The first-order chi connectivity index (χ1) is 13.5. The molecule has 1 aromatic carbocycles. The molecule has 0 aliphatic rings. The molecule has 0 aliphatic heterocycles. The molecule has 2 heterocycles. The Morgan fingerprint density at radius 3 is 2.55 bits per heavy atom. The van der Waals surface area contributed by atoms with Gasteiger partial charge in [0, 0.05) is 51.8 Å². The van der Waals surface area contributed by atoms with E-state index in [1.165, 1.54) is 17.8 Å². The number of nitrogens with one attached hydrogen (secondary N) is 1.